The zero-order valence-electron chi connectivity index (χ0n) is 27.2. The first-order valence-electron chi connectivity index (χ1n) is 15.7. The maximum atomic E-state index is 13.3. The van der Waals surface area contributed by atoms with Crippen molar-refractivity contribution in [1.29, 1.82) is 0 Å². The van der Waals surface area contributed by atoms with Gasteiger partial charge in [0.1, 0.15) is 23.9 Å². The Bertz CT molecular complexity index is 1620. The van der Waals surface area contributed by atoms with Crippen molar-refractivity contribution in [2.45, 2.75) is 44.3 Å². The number of hydrogen-bond donors (Lipinski definition) is 8. The van der Waals surface area contributed by atoms with Crippen LogP contribution in [0.2, 0.25) is 0 Å². The van der Waals surface area contributed by atoms with Crippen LogP contribution in [0.25, 0.3) is 10.8 Å². The second kappa shape index (κ2) is 19.3. The Morgan fingerprint density at radius 1 is 0.755 bits per heavy atom. The Kier molecular flexibility index (Phi) is 15.0. The summed E-state index contributed by atoms with van der Waals surface area (Å²) >= 11 is 0. The van der Waals surface area contributed by atoms with Gasteiger partial charge in [0.2, 0.25) is 29.5 Å². The van der Waals surface area contributed by atoms with Crippen LogP contribution in [0.5, 0.6) is 5.75 Å². The molecule has 15 nitrogen and oxygen atoms in total. The van der Waals surface area contributed by atoms with Crippen molar-refractivity contribution in [2.75, 3.05) is 32.8 Å². The fourth-order valence-electron chi connectivity index (χ4n) is 4.47. The van der Waals surface area contributed by atoms with E-state index in [1.807, 2.05) is 49.4 Å². The molecule has 6 amide bonds. The first-order chi connectivity index (χ1) is 23.4. The quantitative estimate of drug-likeness (QED) is 0.0748. The first-order valence-corrected chi connectivity index (χ1v) is 15.7. The Morgan fingerprint density at radius 3 is 2.08 bits per heavy atom. The molecule has 3 unspecified atom stereocenters. The topological polar surface area (TPSA) is 244 Å². The van der Waals surface area contributed by atoms with Crippen molar-refractivity contribution in [3.63, 3.8) is 0 Å². The number of rotatable bonds is 19. The number of carbonyl (C=O) groups excluding carboxylic acids is 6. The fourth-order valence-corrected chi connectivity index (χ4v) is 4.47. The summed E-state index contributed by atoms with van der Waals surface area (Å²) in [7, 11) is 0. The number of amides is 6. The van der Waals surface area contributed by atoms with Gasteiger partial charge in [0.05, 0.1) is 6.42 Å². The number of hydrogen-bond acceptors (Lipinski definition) is 9. The molecule has 0 aliphatic rings. The number of aliphatic hydroxyl groups excluding tert-OH is 1. The monoisotopic (exact) mass is 677 g/mol. The SMILES string of the molecule is Cc1ccc(CC(=O)NCC(NC(=O)C(CNC(=O)COc2ccc3ccccc3c2)NC(=O)C(N)CNC(=O)CCCO)C(N)=O)cc1. The number of primary amides is 1. The molecular weight excluding hydrogens is 634 g/mol. The zero-order chi connectivity index (χ0) is 35.8. The molecule has 262 valence electrons. The summed E-state index contributed by atoms with van der Waals surface area (Å²) in [6.07, 6.45) is 0.284. The van der Waals surface area contributed by atoms with Crippen LogP contribution in [0, 0.1) is 6.92 Å². The largest absolute Gasteiger partial charge is 0.484 e. The second-order valence-corrected chi connectivity index (χ2v) is 11.3. The lowest BCUT2D eigenvalue weighted by Crippen LogP contribution is -2.61. The predicted molar refractivity (Wildman–Crippen MR) is 181 cm³/mol. The number of ether oxygens (including phenoxy) is 1. The molecule has 3 aromatic rings. The number of nitrogens with two attached hydrogens (primary N) is 2. The van der Waals surface area contributed by atoms with Gasteiger partial charge >= 0.3 is 0 Å². The highest BCUT2D eigenvalue weighted by molar-refractivity contribution is 5.94. The van der Waals surface area contributed by atoms with E-state index in [9.17, 15) is 28.8 Å². The molecule has 0 aromatic heterocycles. The molecule has 0 fully saturated rings. The van der Waals surface area contributed by atoms with Crippen molar-refractivity contribution in [3.05, 3.63) is 77.9 Å². The molecule has 3 aromatic carbocycles. The molecule has 0 aliphatic heterocycles. The van der Waals surface area contributed by atoms with Crippen LogP contribution in [0.15, 0.2) is 66.7 Å². The van der Waals surface area contributed by atoms with Gasteiger partial charge in [-0.15, -0.1) is 0 Å². The van der Waals surface area contributed by atoms with Gasteiger partial charge in [0.25, 0.3) is 5.91 Å². The van der Waals surface area contributed by atoms with Crippen LogP contribution < -0.4 is 42.8 Å². The van der Waals surface area contributed by atoms with Gasteiger partial charge in [-0.25, -0.2) is 0 Å². The minimum atomic E-state index is -1.45. The van der Waals surface area contributed by atoms with Gasteiger partial charge in [-0.2, -0.15) is 0 Å². The van der Waals surface area contributed by atoms with E-state index in [1.165, 1.54) is 0 Å². The number of aryl methyl sites for hydroxylation is 1. The van der Waals surface area contributed by atoms with E-state index >= 15 is 0 Å². The lowest BCUT2D eigenvalue weighted by Gasteiger charge is -2.24. The van der Waals surface area contributed by atoms with E-state index in [4.69, 9.17) is 21.3 Å². The molecule has 0 saturated heterocycles. The summed E-state index contributed by atoms with van der Waals surface area (Å²) in [6.45, 7) is 0.288. The molecule has 0 saturated carbocycles. The molecule has 49 heavy (non-hydrogen) atoms. The third-order valence-electron chi connectivity index (χ3n) is 7.29. The van der Waals surface area contributed by atoms with E-state index < -0.39 is 66.7 Å². The number of carbonyl (C=O) groups is 6. The molecule has 0 aliphatic carbocycles. The molecule has 0 bridgehead atoms. The molecular formula is C34H43N7O8. The summed E-state index contributed by atoms with van der Waals surface area (Å²) in [4.78, 5) is 75.4. The van der Waals surface area contributed by atoms with Crippen LogP contribution >= 0.6 is 0 Å². The Balaban J connectivity index is 1.62. The lowest BCUT2D eigenvalue weighted by atomic mass is 10.1. The van der Waals surface area contributed by atoms with Crippen LogP contribution in [-0.4, -0.2) is 91.5 Å². The summed E-state index contributed by atoms with van der Waals surface area (Å²) in [5, 5.41) is 23.1. The van der Waals surface area contributed by atoms with Crippen LogP contribution in [0.4, 0.5) is 0 Å². The van der Waals surface area contributed by atoms with Crippen molar-refractivity contribution in [2.24, 2.45) is 11.5 Å². The van der Waals surface area contributed by atoms with Crippen molar-refractivity contribution in [3.8, 4) is 5.75 Å². The smallest absolute Gasteiger partial charge is 0.258 e. The second-order valence-electron chi connectivity index (χ2n) is 11.3. The average Bonchev–Trinajstić information content (AvgIpc) is 3.09. The molecule has 10 N–H and O–H groups in total. The van der Waals surface area contributed by atoms with Gasteiger partial charge in [-0.1, -0.05) is 60.2 Å². The van der Waals surface area contributed by atoms with Gasteiger partial charge < -0.3 is 47.9 Å². The standard InChI is InChI=1S/C34H43N7O8/c1-21-8-10-22(11-9-21)15-30(44)38-18-27(32(36)46)40-34(48)28(41-33(47)26(35)17-37-29(43)7-4-14-42)19-39-31(45)20-49-25-13-12-23-5-2-3-6-24(23)16-25/h2-3,5-6,8-13,16,26-28,42H,4,7,14-15,17-20,35H2,1H3,(H2,36,46)(H,37,43)(H,38,44)(H,39,45)(H,40,48)(H,41,47). The molecule has 0 spiro atoms. The van der Waals surface area contributed by atoms with Crippen molar-refractivity contribution in [1.82, 2.24) is 26.6 Å². The van der Waals surface area contributed by atoms with Crippen LogP contribution in [-0.2, 0) is 35.2 Å². The first kappa shape index (κ1) is 37.9. The van der Waals surface area contributed by atoms with Gasteiger partial charge in [-0.3, -0.25) is 28.8 Å². The third-order valence-corrected chi connectivity index (χ3v) is 7.29. The normalized spacial score (nSPS) is 12.6. The van der Waals surface area contributed by atoms with E-state index in [0.717, 1.165) is 21.9 Å². The third kappa shape index (κ3) is 13.2. The van der Waals surface area contributed by atoms with Gasteiger partial charge in [0, 0.05) is 32.7 Å². The van der Waals surface area contributed by atoms with Crippen molar-refractivity contribution >= 4 is 46.2 Å². The number of aliphatic hydroxyl groups is 1. The average molecular weight is 678 g/mol. The molecule has 0 heterocycles. The number of nitrogens with one attached hydrogen (secondary N) is 5. The van der Waals surface area contributed by atoms with E-state index in [1.54, 1.807) is 24.3 Å². The van der Waals surface area contributed by atoms with E-state index in [2.05, 4.69) is 26.6 Å². The molecule has 3 rings (SSSR count). The van der Waals surface area contributed by atoms with Crippen LogP contribution in [0.3, 0.4) is 0 Å². The summed E-state index contributed by atoms with van der Waals surface area (Å²) < 4.78 is 5.59. The van der Waals surface area contributed by atoms with Crippen molar-refractivity contribution < 1.29 is 38.6 Å². The minimum Gasteiger partial charge on any atom is -0.484 e. The zero-order valence-corrected chi connectivity index (χ0v) is 27.2. The van der Waals surface area contributed by atoms with E-state index in [-0.39, 0.29) is 39.0 Å². The predicted octanol–water partition coefficient (Wildman–Crippen LogP) is -1.33. The Labute approximate surface area is 283 Å². The van der Waals surface area contributed by atoms with Crippen LogP contribution in [0.1, 0.15) is 24.0 Å². The number of fused-ring (bicyclic) bond motifs is 1. The minimum absolute atomic E-state index is 0.0270. The van der Waals surface area contributed by atoms with Gasteiger partial charge in [0.15, 0.2) is 6.61 Å². The molecule has 15 heteroatoms. The molecule has 0 radical (unpaired) electrons. The Morgan fingerprint density at radius 2 is 1.39 bits per heavy atom. The summed E-state index contributed by atoms with van der Waals surface area (Å²) in [5.41, 5.74) is 13.2. The Hall–Kier alpha value is -5.54. The highest BCUT2D eigenvalue weighted by Gasteiger charge is 2.28. The lowest BCUT2D eigenvalue weighted by molar-refractivity contribution is -0.132. The highest BCUT2D eigenvalue weighted by Crippen LogP contribution is 2.20. The maximum absolute atomic E-state index is 13.3. The number of benzene rings is 3. The summed E-state index contributed by atoms with van der Waals surface area (Å²) in [6, 6.07) is 16.1. The van der Waals surface area contributed by atoms with E-state index in [0.29, 0.717) is 5.75 Å². The summed E-state index contributed by atoms with van der Waals surface area (Å²) in [5.74, 6) is -3.72. The fraction of sp³-hybridized carbons (Fsp3) is 0.353. The maximum Gasteiger partial charge on any atom is 0.258 e. The highest BCUT2D eigenvalue weighted by atomic mass is 16.5. The van der Waals surface area contributed by atoms with Gasteiger partial charge in [-0.05, 0) is 41.8 Å². The molecule has 3 atom stereocenters.